The van der Waals surface area contributed by atoms with Gasteiger partial charge in [-0.2, -0.15) is 0 Å². The minimum Gasteiger partial charge on any atom is -0.497 e. The molecule has 1 atom stereocenters. The lowest BCUT2D eigenvalue weighted by atomic mass is 9.68. The van der Waals surface area contributed by atoms with E-state index in [2.05, 4.69) is 91.0 Å². The second kappa shape index (κ2) is 5.52. The Kier molecular flexibility index (Phi) is 2.99. The average Bonchev–Trinajstić information content (AvgIpc) is 3.42. The zero-order chi connectivity index (χ0) is 19.9. The van der Waals surface area contributed by atoms with Crippen LogP contribution < -0.4 is 4.74 Å². The summed E-state index contributed by atoms with van der Waals surface area (Å²) in [4.78, 5) is 0. The minimum atomic E-state index is -0.253. The van der Waals surface area contributed by atoms with Crippen molar-refractivity contribution < 1.29 is 4.74 Å². The zero-order valence-electron chi connectivity index (χ0n) is 16.8. The summed E-state index contributed by atoms with van der Waals surface area (Å²) in [7, 11) is 1.75. The minimum absolute atomic E-state index is 0.253. The molecule has 1 spiro atoms. The number of allylic oxidation sites excluding steroid dienone is 2. The van der Waals surface area contributed by atoms with E-state index in [1.807, 2.05) is 0 Å². The molecule has 1 unspecified atom stereocenters. The maximum Gasteiger partial charge on any atom is 0.119 e. The van der Waals surface area contributed by atoms with E-state index in [4.69, 9.17) is 4.74 Å². The molecule has 30 heavy (non-hydrogen) atoms. The molecule has 4 aromatic carbocycles. The third-order valence-electron chi connectivity index (χ3n) is 7.24. The molecule has 0 saturated carbocycles. The Balaban J connectivity index is 1.68. The van der Waals surface area contributed by atoms with Crippen molar-refractivity contribution in [1.29, 1.82) is 0 Å². The number of hydrogen-bond donors (Lipinski definition) is 0. The van der Waals surface area contributed by atoms with Crippen LogP contribution in [0, 0.1) is 0 Å². The summed E-state index contributed by atoms with van der Waals surface area (Å²) in [6.45, 7) is 0. The maximum absolute atomic E-state index is 5.61. The molecule has 3 aliphatic carbocycles. The van der Waals surface area contributed by atoms with Crippen molar-refractivity contribution >= 4 is 11.1 Å². The zero-order valence-corrected chi connectivity index (χ0v) is 16.8. The van der Waals surface area contributed by atoms with Gasteiger partial charge in [-0.15, -0.1) is 0 Å². The second-order valence-electron chi connectivity index (χ2n) is 8.44. The molecule has 0 aliphatic heterocycles. The highest BCUT2D eigenvalue weighted by Crippen LogP contribution is 2.66. The van der Waals surface area contributed by atoms with Crippen LogP contribution in [0.2, 0.25) is 0 Å². The van der Waals surface area contributed by atoms with Crippen LogP contribution >= 0.6 is 0 Å². The molecule has 0 amide bonds. The molecule has 4 aromatic rings. The Morgan fingerprint density at radius 3 is 2.07 bits per heavy atom. The van der Waals surface area contributed by atoms with Crippen LogP contribution in [-0.4, -0.2) is 7.11 Å². The van der Waals surface area contributed by atoms with Gasteiger partial charge in [0.15, 0.2) is 0 Å². The molecular formula is C29H20O. The molecular weight excluding hydrogens is 364 g/mol. The largest absolute Gasteiger partial charge is 0.497 e. The van der Waals surface area contributed by atoms with E-state index in [9.17, 15) is 0 Å². The number of methoxy groups -OCH3 is 1. The van der Waals surface area contributed by atoms with Gasteiger partial charge in [-0.1, -0.05) is 78.9 Å². The van der Waals surface area contributed by atoms with Gasteiger partial charge < -0.3 is 4.74 Å². The smallest absolute Gasteiger partial charge is 0.119 e. The van der Waals surface area contributed by atoms with E-state index in [1.165, 1.54) is 55.7 Å². The van der Waals surface area contributed by atoms with E-state index in [1.54, 1.807) is 7.11 Å². The van der Waals surface area contributed by atoms with Gasteiger partial charge in [-0.3, -0.25) is 0 Å². The summed E-state index contributed by atoms with van der Waals surface area (Å²) in [6, 6.07) is 33.5. The highest BCUT2D eigenvalue weighted by Gasteiger charge is 2.54. The molecule has 142 valence electrons. The van der Waals surface area contributed by atoms with Crippen molar-refractivity contribution in [2.75, 3.05) is 7.11 Å². The molecule has 0 bridgehead atoms. The van der Waals surface area contributed by atoms with E-state index in [0.29, 0.717) is 0 Å². The van der Waals surface area contributed by atoms with E-state index in [-0.39, 0.29) is 5.41 Å². The third-order valence-corrected chi connectivity index (χ3v) is 7.24. The Morgan fingerprint density at radius 2 is 1.27 bits per heavy atom. The van der Waals surface area contributed by atoms with Crippen LogP contribution in [0.5, 0.6) is 5.75 Å². The molecule has 1 heteroatoms. The molecule has 1 nitrogen and oxygen atoms in total. The normalized spacial score (nSPS) is 19.4. The predicted octanol–water partition coefficient (Wildman–Crippen LogP) is 6.49. The summed E-state index contributed by atoms with van der Waals surface area (Å²) < 4.78 is 5.61. The van der Waals surface area contributed by atoms with Crippen LogP contribution in [-0.2, 0) is 11.8 Å². The molecule has 3 aliphatic rings. The maximum atomic E-state index is 5.61. The fourth-order valence-corrected chi connectivity index (χ4v) is 6.18. The summed E-state index contributed by atoms with van der Waals surface area (Å²) in [5, 5.41) is 0. The predicted molar refractivity (Wildman–Crippen MR) is 122 cm³/mol. The topological polar surface area (TPSA) is 9.23 Å². The summed E-state index contributed by atoms with van der Waals surface area (Å²) in [5.41, 5.74) is 13.8. The van der Waals surface area contributed by atoms with Gasteiger partial charge in [0.1, 0.15) is 5.75 Å². The highest BCUT2D eigenvalue weighted by atomic mass is 16.5. The number of ether oxygens (including phenoxy) is 1. The lowest BCUT2D eigenvalue weighted by Gasteiger charge is -2.33. The first-order chi connectivity index (χ1) is 14.8. The van der Waals surface area contributed by atoms with Gasteiger partial charge in [0.05, 0.1) is 12.5 Å². The van der Waals surface area contributed by atoms with E-state index >= 15 is 0 Å². The fourth-order valence-electron chi connectivity index (χ4n) is 6.18. The Labute approximate surface area is 176 Å². The van der Waals surface area contributed by atoms with E-state index < -0.39 is 0 Å². The van der Waals surface area contributed by atoms with E-state index in [0.717, 1.165) is 12.2 Å². The van der Waals surface area contributed by atoms with Gasteiger partial charge >= 0.3 is 0 Å². The number of rotatable bonds is 1. The van der Waals surface area contributed by atoms with Crippen LogP contribution in [0.4, 0.5) is 0 Å². The van der Waals surface area contributed by atoms with Crippen molar-refractivity contribution in [1.82, 2.24) is 0 Å². The Bertz CT molecular complexity index is 1410. The Hall–Kier alpha value is -3.58. The third kappa shape index (κ3) is 1.71. The Morgan fingerprint density at radius 1 is 0.633 bits per heavy atom. The summed E-state index contributed by atoms with van der Waals surface area (Å²) >= 11 is 0. The monoisotopic (exact) mass is 384 g/mol. The molecule has 0 heterocycles. The van der Waals surface area contributed by atoms with Gasteiger partial charge in [-0.25, -0.2) is 0 Å². The van der Waals surface area contributed by atoms with Gasteiger partial charge in [0, 0.05) is 0 Å². The van der Waals surface area contributed by atoms with Crippen molar-refractivity contribution in [2.45, 2.75) is 11.8 Å². The fraction of sp³-hybridized carbons (Fsp3) is 0.103. The van der Waals surface area contributed by atoms with Crippen molar-refractivity contribution in [3.8, 4) is 16.9 Å². The van der Waals surface area contributed by atoms with Crippen LogP contribution in [0.15, 0.2) is 91.0 Å². The summed E-state index contributed by atoms with van der Waals surface area (Å²) in [6.07, 6.45) is 1.01. The summed E-state index contributed by atoms with van der Waals surface area (Å²) in [5.74, 6) is 0.910. The van der Waals surface area contributed by atoms with Crippen molar-refractivity contribution in [2.24, 2.45) is 0 Å². The number of hydrogen-bond acceptors (Lipinski definition) is 1. The molecule has 7 rings (SSSR count). The first-order valence-corrected chi connectivity index (χ1v) is 10.5. The number of benzene rings is 4. The average molecular weight is 384 g/mol. The standard InChI is InChI=1S/C29H20O/c1-30-19-14-15-27-23(17-19)21-10-4-6-12-25(21)29(27)26-13-7-5-11-22(26)24-16-18-8-2-3-9-20(18)28(24)29/h2-15,17H,16H2,1H3. The van der Waals surface area contributed by atoms with Crippen LogP contribution in [0.25, 0.3) is 22.3 Å². The first kappa shape index (κ1) is 16.2. The first-order valence-electron chi connectivity index (χ1n) is 10.5. The van der Waals surface area contributed by atoms with Crippen LogP contribution in [0.1, 0.15) is 33.4 Å². The van der Waals surface area contributed by atoms with Crippen molar-refractivity contribution in [3.63, 3.8) is 0 Å². The molecule has 0 N–H and O–H groups in total. The molecule has 0 radical (unpaired) electrons. The lowest BCUT2D eigenvalue weighted by molar-refractivity contribution is 0.415. The van der Waals surface area contributed by atoms with Gasteiger partial charge in [0.25, 0.3) is 0 Å². The van der Waals surface area contributed by atoms with Crippen LogP contribution in [0.3, 0.4) is 0 Å². The second-order valence-corrected chi connectivity index (χ2v) is 8.44. The quantitative estimate of drug-likeness (QED) is 0.364. The van der Waals surface area contributed by atoms with Gasteiger partial charge in [-0.05, 0) is 74.2 Å². The number of fused-ring (bicyclic) bond motifs is 11. The van der Waals surface area contributed by atoms with Gasteiger partial charge in [0.2, 0.25) is 0 Å². The highest BCUT2D eigenvalue weighted by molar-refractivity contribution is 6.12. The molecule has 0 aromatic heterocycles. The van der Waals surface area contributed by atoms with Crippen molar-refractivity contribution in [3.05, 3.63) is 124 Å². The lowest BCUT2D eigenvalue weighted by Crippen LogP contribution is -2.26. The molecule has 0 fully saturated rings. The molecule has 0 saturated heterocycles. The SMILES string of the molecule is COc1ccc2c(c1)-c1ccccc1C21C2=C(Cc3ccccc32)c2ccccc21.